The van der Waals surface area contributed by atoms with Gasteiger partial charge in [0, 0.05) is 19.6 Å². The average molecular weight is 226 g/mol. The van der Waals surface area contributed by atoms with Crippen LogP contribution in [0.5, 0.6) is 0 Å². The molecule has 0 heterocycles. The molecule has 0 aromatic heterocycles. The number of aliphatic carboxylic acids is 1. The van der Waals surface area contributed by atoms with Gasteiger partial charge in [-0.05, 0) is 0 Å². The van der Waals surface area contributed by atoms with E-state index < -0.39 is 22.2 Å². The van der Waals surface area contributed by atoms with Crippen LogP contribution < -0.4 is 16.6 Å². The van der Waals surface area contributed by atoms with E-state index in [1.807, 2.05) is 0 Å². The summed E-state index contributed by atoms with van der Waals surface area (Å²) in [5, 5.41) is 13.3. The Morgan fingerprint density at radius 2 is 2.00 bits per heavy atom. The van der Waals surface area contributed by atoms with Gasteiger partial charge in [-0.3, -0.25) is 4.79 Å². The molecule has 7 N–H and O–H groups in total. The molecule has 0 aromatic rings. The van der Waals surface area contributed by atoms with Crippen LogP contribution in [0.4, 0.5) is 0 Å². The van der Waals surface area contributed by atoms with Gasteiger partial charge in [0.25, 0.3) is 10.2 Å². The third-order valence-electron chi connectivity index (χ3n) is 1.46. The summed E-state index contributed by atoms with van der Waals surface area (Å²) in [7, 11) is -3.95. The van der Waals surface area contributed by atoms with Crippen LogP contribution in [0.3, 0.4) is 0 Å². The minimum atomic E-state index is -3.95. The second-order valence-electron chi connectivity index (χ2n) is 2.64. The molecule has 0 amide bonds. The number of carboxylic acid groups (broad SMARTS) is 1. The van der Waals surface area contributed by atoms with Crippen molar-refractivity contribution in [1.29, 1.82) is 0 Å². The van der Waals surface area contributed by atoms with Crippen molar-refractivity contribution >= 4 is 16.2 Å². The van der Waals surface area contributed by atoms with E-state index in [9.17, 15) is 13.2 Å². The highest BCUT2D eigenvalue weighted by Crippen LogP contribution is 1.95. The van der Waals surface area contributed by atoms with Crippen LogP contribution >= 0.6 is 0 Å². The minimum absolute atomic E-state index is 0.0444. The minimum Gasteiger partial charge on any atom is -0.480 e. The fourth-order valence-corrected chi connectivity index (χ4v) is 1.49. The zero-order chi connectivity index (χ0) is 11.4. The predicted molar refractivity (Wildman–Crippen MR) is 49.3 cm³/mol. The summed E-state index contributed by atoms with van der Waals surface area (Å²) in [4.78, 5) is 10.3. The van der Waals surface area contributed by atoms with Gasteiger partial charge >= 0.3 is 5.97 Å². The smallest absolute Gasteiger partial charge is 0.321 e. The number of carboxylic acids is 1. The first-order chi connectivity index (χ1) is 6.29. The molecule has 0 aliphatic carbocycles. The molecule has 0 aliphatic heterocycles. The van der Waals surface area contributed by atoms with Gasteiger partial charge < -0.3 is 16.6 Å². The van der Waals surface area contributed by atoms with E-state index in [2.05, 4.69) is 0 Å². The van der Waals surface area contributed by atoms with E-state index in [0.717, 1.165) is 4.31 Å². The van der Waals surface area contributed by atoms with Gasteiger partial charge in [-0.15, -0.1) is 0 Å². The molecule has 0 spiro atoms. The lowest BCUT2D eigenvalue weighted by atomic mass is 10.3. The fraction of sp³-hybridized carbons (Fsp3) is 0.800. The highest BCUT2D eigenvalue weighted by molar-refractivity contribution is 7.86. The maximum Gasteiger partial charge on any atom is 0.321 e. The highest BCUT2D eigenvalue weighted by Gasteiger charge is 2.22. The van der Waals surface area contributed by atoms with Gasteiger partial charge in [-0.25, -0.2) is 5.14 Å². The molecule has 84 valence electrons. The molecule has 9 heteroatoms. The van der Waals surface area contributed by atoms with Crippen molar-refractivity contribution in [3.05, 3.63) is 0 Å². The highest BCUT2D eigenvalue weighted by atomic mass is 32.2. The van der Waals surface area contributed by atoms with Crippen molar-refractivity contribution in [3.8, 4) is 0 Å². The lowest BCUT2D eigenvalue weighted by Crippen LogP contribution is -2.48. The maximum atomic E-state index is 10.9. The normalized spacial score (nSPS) is 14.3. The molecule has 0 saturated heterocycles. The molecular formula is C5H14N4O4S. The zero-order valence-electron chi connectivity index (χ0n) is 7.46. The monoisotopic (exact) mass is 226 g/mol. The molecule has 8 nitrogen and oxygen atoms in total. The van der Waals surface area contributed by atoms with Gasteiger partial charge in [0.15, 0.2) is 0 Å². The Labute approximate surface area is 81.8 Å². The Bertz CT molecular complexity index is 290. The Morgan fingerprint density at radius 3 is 2.29 bits per heavy atom. The molecule has 0 aromatic carbocycles. The van der Waals surface area contributed by atoms with E-state index in [4.69, 9.17) is 21.7 Å². The van der Waals surface area contributed by atoms with Crippen LogP contribution in [0.25, 0.3) is 0 Å². The van der Waals surface area contributed by atoms with Gasteiger partial charge in [0.05, 0.1) is 0 Å². The largest absolute Gasteiger partial charge is 0.480 e. The van der Waals surface area contributed by atoms with Crippen LogP contribution in [0.2, 0.25) is 0 Å². The molecule has 14 heavy (non-hydrogen) atoms. The fourth-order valence-electron chi connectivity index (χ4n) is 0.764. The first-order valence-corrected chi connectivity index (χ1v) is 5.25. The number of carbonyl (C=O) groups is 1. The second kappa shape index (κ2) is 5.22. The van der Waals surface area contributed by atoms with Crippen molar-refractivity contribution in [2.24, 2.45) is 16.6 Å². The molecular weight excluding hydrogens is 212 g/mol. The lowest BCUT2D eigenvalue weighted by molar-refractivity contribution is -0.138. The van der Waals surface area contributed by atoms with Crippen LogP contribution in [0.15, 0.2) is 0 Å². The average Bonchev–Trinajstić information content (AvgIpc) is 2.01. The first-order valence-electron chi connectivity index (χ1n) is 3.75. The Morgan fingerprint density at radius 1 is 1.50 bits per heavy atom. The van der Waals surface area contributed by atoms with E-state index >= 15 is 0 Å². The van der Waals surface area contributed by atoms with Crippen LogP contribution in [0.1, 0.15) is 0 Å². The third kappa shape index (κ3) is 4.48. The Hall–Kier alpha value is -0.740. The van der Waals surface area contributed by atoms with Crippen molar-refractivity contribution in [2.45, 2.75) is 6.04 Å². The van der Waals surface area contributed by atoms with Gasteiger partial charge in [0.1, 0.15) is 6.04 Å². The number of nitrogens with zero attached hydrogens (tertiary/aromatic N) is 1. The van der Waals surface area contributed by atoms with Crippen LogP contribution in [-0.2, 0) is 15.0 Å². The number of nitrogens with two attached hydrogens (primary N) is 3. The maximum absolute atomic E-state index is 10.9. The van der Waals surface area contributed by atoms with Gasteiger partial charge in [-0.1, -0.05) is 0 Å². The molecule has 1 unspecified atom stereocenters. The van der Waals surface area contributed by atoms with Gasteiger partial charge in [-0.2, -0.15) is 12.7 Å². The lowest BCUT2D eigenvalue weighted by Gasteiger charge is -2.20. The summed E-state index contributed by atoms with van der Waals surface area (Å²) < 4.78 is 22.5. The quantitative estimate of drug-likeness (QED) is 0.375. The predicted octanol–water partition coefficient (Wildman–Crippen LogP) is -3.14. The topological polar surface area (TPSA) is 153 Å². The number of hydrogen-bond donors (Lipinski definition) is 4. The summed E-state index contributed by atoms with van der Waals surface area (Å²) in [5.74, 6) is -1.30. The second-order valence-corrected chi connectivity index (χ2v) is 4.18. The molecule has 0 saturated carbocycles. The number of rotatable bonds is 6. The molecule has 0 aliphatic rings. The SMILES string of the molecule is NCCN(CC(N)C(=O)O)S(N)(=O)=O. The standard InChI is InChI=1S/C5H14N4O4S/c6-1-2-9(14(8,12)13)3-4(7)5(10)11/h4H,1-3,6-7H2,(H,10,11)(H2,8,12,13). The van der Waals surface area contributed by atoms with E-state index in [-0.39, 0.29) is 19.6 Å². The van der Waals surface area contributed by atoms with Crippen molar-refractivity contribution in [1.82, 2.24) is 4.31 Å². The molecule has 0 fully saturated rings. The molecule has 0 rings (SSSR count). The van der Waals surface area contributed by atoms with Crippen molar-refractivity contribution in [3.63, 3.8) is 0 Å². The van der Waals surface area contributed by atoms with E-state index in [1.165, 1.54) is 0 Å². The van der Waals surface area contributed by atoms with Crippen molar-refractivity contribution in [2.75, 3.05) is 19.6 Å². The summed E-state index contributed by atoms with van der Waals surface area (Å²) in [6, 6.07) is -1.31. The summed E-state index contributed by atoms with van der Waals surface area (Å²) >= 11 is 0. The van der Waals surface area contributed by atoms with E-state index in [0.29, 0.717) is 0 Å². The third-order valence-corrected chi connectivity index (χ3v) is 2.51. The molecule has 0 radical (unpaired) electrons. The number of hydrogen-bond acceptors (Lipinski definition) is 5. The molecule has 0 bridgehead atoms. The molecule has 1 atom stereocenters. The zero-order valence-corrected chi connectivity index (χ0v) is 8.27. The summed E-state index contributed by atoms with van der Waals surface area (Å²) in [6.45, 7) is -0.395. The first kappa shape index (κ1) is 13.3. The Kier molecular flexibility index (Phi) is 4.94. The Balaban J connectivity index is 4.46. The summed E-state index contributed by atoms with van der Waals surface area (Å²) in [6.07, 6.45) is 0. The van der Waals surface area contributed by atoms with Crippen LogP contribution in [0, 0.1) is 0 Å². The van der Waals surface area contributed by atoms with Crippen molar-refractivity contribution < 1.29 is 18.3 Å². The van der Waals surface area contributed by atoms with Gasteiger partial charge in [0.2, 0.25) is 0 Å². The van der Waals surface area contributed by atoms with Crippen LogP contribution in [-0.4, -0.2) is 49.5 Å². The summed E-state index contributed by atoms with van der Waals surface area (Å²) in [5.41, 5.74) is 10.3. The van der Waals surface area contributed by atoms with E-state index in [1.54, 1.807) is 0 Å².